The average Bonchev–Trinajstić information content (AvgIpc) is 2.91. The van der Waals surface area contributed by atoms with Crippen LogP contribution in [0, 0.1) is 0 Å². The maximum Gasteiger partial charge on any atom is 0.299 e. The molecule has 1 aliphatic rings. The molecule has 2 rings (SSSR count). The molecule has 0 bridgehead atoms. The number of hydrogen-bond donors (Lipinski definition) is 2. The highest BCUT2D eigenvalue weighted by molar-refractivity contribution is 7.90. The van der Waals surface area contributed by atoms with Crippen molar-refractivity contribution in [2.24, 2.45) is 0 Å². The quantitative estimate of drug-likeness (QED) is 0.784. The first kappa shape index (κ1) is 10.7. The third kappa shape index (κ3) is 3.33. The van der Waals surface area contributed by atoms with Gasteiger partial charge in [-0.1, -0.05) is 11.6 Å². The summed E-state index contributed by atoms with van der Waals surface area (Å²) in [6, 6.07) is 3.17. The molecule has 1 aromatic heterocycles. The van der Waals surface area contributed by atoms with Crippen LogP contribution in [0.25, 0.3) is 0 Å². The zero-order chi connectivity index (χ0) is 10.9. The summed E-state index contributed by atoms with van der Waals surface area (Å²) in [4.78, 5) is 3.77. The SMILES string of the molecule is O=S(=O)(Nc1ccc(Cl)nc1)NC1CC1. The van der Waals surface area contributed by atoms with Crippen LogP contribution in [0.3, 0.4) is 0 Å². The van der Waals surface area contributed by atoms with Crippen molar-refractivity contribution in [3.63, 3.8) is 0 Å². The molecular formula is C8H10ClN3O2S. The fraction of sp³-hybridized carbons (Fsp3) is 0.375. The molecule has 2 N–H and O–H groups in total. The second kappa shape index (κ2) is 3.96. The minimum atomic E-state index is -3.47. The van der Waals surface area contributed by atoms with Gasteiger partial charge in [-0.05, 0) is 25.0 Å². The van der Waals surface area contributed by atoms with Crippen LogP contribution in [0.1, 0.15) is 12.8 Å². The van der Waals surface area contributed by atoms with Gasteiger partial charge in [0.15, 0.2) is 0 Å². The van der Waals surface area contributed by atoms with E-state index in [2.05, 4.69) is 14.4 Å². The van der Waals surface area contributed by atoms with Gasteiger partial charge in [0, 0.05) is 6.04 Å². The first-order valence-electron chi connectivity index (χ1n) is 4.47. The molecule has 1 fully saturated rings. The summed E-state index contributed by atoms with van der Waals surface area (Å²) in [7, 11) is -3.47. The lowest BCUT2D eigenvalue weighted by atomic mass is 10.4. The number of nitrogens with zero attached hydrogens (tertiary/aromatic N) is 1. The van der Waals surface area contributed by atoms with Crippen molar-refractivity contribution in [1.29, 1.82) is 0 Å². The molecule has 1 heterocycles. The van der Waals surface area contributed by atoms with Crippen molar-refractivity contribution < 1.29 is 8.42 Å². The molecule has 0 radical (unpaired) electrons. The number of hydrogen-bond acceptors (Lipinski definition) is 3. The van der Waals surface area contributed by atoms with Crippen molar-refractivity contribution in [2.45, 2.75) is 18.9 Å². The van der Waals surface area contributed by atoms with E-state index in [1.807, 2.05) is 0 Å². The molecule has 0 saturated heterocycles. The maximum absolute atomic E-state index is 11.5. The molecule has 0 aromatic carbocycles. The zero-order valence-electron chi connectivity index (χ0n) is 7.77. The van der Waals surface area contributed by atoms with Crippen molar-refractivity contribution in [1.82, 2.24) is 9.71 Å². The van der Waals surface area contributed by atoms with Crippen molar-refractivity contribution >= 4 is 27.5 Å². The third-order valence-corrected chi connectivity index (χ3v) is 3.25. The van der Waals surface area contributed by atoms with Gasteiger partial charge in [0.1, 0.15) is 5.15 Å². The van der Waals surface area contributed by atoms with Crippen LogP contribution in [0.5, 0.6) is 0 Å². The van der Waals surface area contributed by atoms with Gasteiger partial charge in [0.25, 0.3) is 10.2 Å². The van der Waals surface area contributed by atoms with Crippen LogP contribution in [-0.2, 0) is 10.2 Å². The van der Waals surface area contributed by atoms with E-state index in [1.54, 1.807) is 6.07 Å². The average molecular weight is 248 g/mol. The van der Waals surface area contributed by atoms with E-state index in [9.17, 15) is 8.42 Å². The first-order chi connectivity index (χ1) is 7.05. The van der Waals surface area contributed by atoms with Crippen LogP contribution in [0.4, 0.5) is 5.69 Å². The van der Waals surface area contributed by atoms with Gasteiger partial charge in [-0.2, -0.15) is 13.1 Å². The van der Waals surface area contributed by atoms with E-state index in [1.165, 1.54) is 12.3 Å². The molecular weight excluding hydrogens is 238 g/mol. The van der Waals surface area contributed by atoms with Gasteiger partial charge in [0.05, 0.1) is 11.9 Å². The van der Waals surface area contributed by atoms with E-state index >= 15 is 0 Å². The summed E-state index contributed by atoms with van der Waals surface area (Å²) in [5.74, 6) is 0. The normalized spacial score (nSPS) is 16.3. The van der Waals surface area contributed by atoms with E-state index in [0.717, 1.165) is 12.8 Å². The summed E-state index contributed by atoms with van der Waals surface area (Å²) in [6.07, 6.45) is 3.17. The smallest absolute Gasteiger partial charge is 0.270 e. The molecule has 15 heavy (non-hydrogen) atoms. The standard InChI is InChI=1S/C8H10ClN3O2S/c9-8-4-3-7(5-10-8)12-15(13,14)11-6-1-2-6/h3-6,11-12H,1-2H2. The van der Waals surface area contributed by atoms with Crippen LogP contribution in [0.2, 0.25) is 5.15 Å². The fourth-order valence-corrected chi connectivity index (χ4v) is 2.32. The fourth-order valence-electron chi connectivity index (χ4n) is 1.04. The van der Waals surface area contributed by atoms with Crippen molar-refractivity contribution in [2.75, 3.05) is 4.72 Å². The van der Waals surface area contributed by atoms with E-state index in [-0.39, 0.29) is 6.04 Å². The largest absolute Gasteiger partial charge is 0.299 e. The van der Waals surface area contributed by atoms with Gasteiger partial charge >= 0.3 is 0 Å². The highest BCUT2D eigenvalue weighted by Gasteiger charge is 2.26. The number of pyridine rings is 1. The van der Waals surface area contributed by atoms with Gasteiger partial charge < -0.3 is 0 Å². The molecule has 0 unspecified atom stereocenters. The molecule has 5 nitrogen and oxygen atoms in total. The summed E-state index contributed by atoms with van der Waals surface area (Å²) in [5.41, 5.74) is 0.396. The Morgan fingerprint density at radius 3 is 2.67 bits per heavy atom. The zero-order valence-corrected chi connectivity index (χ0v) is 9.35. The lowest BCUT2D eigenvalue weighted by Crippen LogP contribution is -2.31. The Labute approximate surface area is 93.0 Å². The Morgan fingerprint density at radius 2 is 2.13 bits per heavy atom. The number of halogens is 1. The molecule has 1 aliphatic carbocycles. The second-order valence-corrected chi connectivity index (χ2v) is 5.20. The third-order valence-electron chi connectivity index (χ3n) is 1.88. The summed E-state index contributed by atoms with van der Waals surface area (Å²) in [6.45, 7) is 0. The molecule has 7 heteroatoms. The number of rotatable bonds is 4. The molecule has 0 amide bonds. The Bertz CT molecular complexity index is 441. The molecule has 0 spiro atoms. The Hall–Kier alpha value is -0.850. The molecule has 0 aliphatic heterocycles. The number of nitrogens with one attached hydrogen (secondary N) is 2. The summed E-state index contributed by atoms with van der Waals surface area (Å²) >= 11 is 5.57. The Balaban J connectivity index is 2.03. The summed E-state index contributed by atoms with van der Waals surface area (Å²) in [5, 5.41) is 0.327. The van der Waals surface area contributed by atoms with Crippen LogP contribution >= 0.6 is 11.6 Å². The predicted molar refractivity (Wildman–Crippen MR) is 57.9 cm³/mol. The lowest BCUT2D eigenvalue weighted by molar-refractivity contribution is 0.586. The van der Waals surface area contributed by atoms with Gasteiger partial charge in [0.2, 0.25) is 0 Å². The monoisotopic (exact) mass is 247 g/mol. The van der Waals surface area contributed by atoms with Gasteiger partial charge in [-0.3, -0.25) is 4.72 Å². The lowest BCUT2D eigenvalue weighted by Gasteiger charge is -2.07. The Kier molecular flexibility index (Phi) is 2.81. The second-order valence-electron chi connectivity index (χ2n) is 3.37. The van der Waals surface area contributed by atoms with Gasteiger partial charge in [-0.15, -0.1) is 0 Å². The minimum Gasteiger partial charge on any atom is -0.270 e. The molecule has 82 valence electrons. The van der Waals surface area contributed by atoms with Crippen LogP contribution in [0.15, 0.2) is 18.3 Å². The number of anilines is 1. The highest BCUT2D eigenvalue weighted by atomic mass is 35.5. The first-order valence-corrected chi connectivity index (χ1v) is 6.33. The van der Waals surface area contributed by atoms with Crippen LogP contribution < -0.4 is 9.44 Å². The van der Waals surface area contributed by atoms with E-state index in [0.29, 0.717) is 10.8 Å². The van der Waals surface area contributed by atoms with E-state index in [4.69, 9.17) is 11.6 Å². The molecule has 0 atom stereocenters. The van der Waals surface area contributed by atoms with Crippen LogP contribution in [-0.4, -0.2) is 19.4 Å². The molecule has 1 aromatic rings. The summed E-state index contributed by atoms with van der Waals surface area (Å²) < 4.78 is 27.8. The van der Waals surface area contributed by atoms with Gasteiger partial charge in [-0.25, -0.2) is 4.98 Å². The van der Waals surface area contributed by atoms with Crippen molar-refractivity contribution in [3.8, 4) is 0 Å². The van der Waals surface area contributed by atoms with E-state index < -0.39 is 10.2 Å². The topological polar surface area (TPSA) is 71.1 Å². The maximum atomic E-state index is 11.5. The van der Waals surface area contributed by atoms with Crippen molar-refractivity contribution in [3.05, 3.63) is 23.5 Å². The molecule has 1 saturated carbocycles. The Morgan fingerprint density at radius 1 is 1.40 bits per heavy atom. The minimum absolute atomic E-state index is 0.0859. The number of aromatic nitrogens is 1. The highest BCUT2D eigenvalue weighted by Crippen LogP contribution is 2.20. The predicted octanol–water partition coefficient (Wildman–Crippen LogP) is 1.14.